The van der Waals surface area contributed by atoms with Crippen LogP contribution in [0, 0.1) is 0 Å². The number of halogens is 1. The quantitative estimate of drug-likeness (QED) is 0.795. The Balaban J connectivity index is 2.96. The highest BCUT2D eigenvalue weighted by Gasteiger charge is 2.19. The molecule has 90 valence electrons. The van der Waals surface area contributed by atoms with Gasteiger partial charge >= 0.3 is 0 Å². The van der Waals surface area contributed by atoms with Crippen molar-refractivity contribution in [3.05, 3.63) is 28.0 Å². The molecule has 1 rings (SSSR count). The fourth-order valence-corrected chi connectivity index (χ4v) is 2.85. The number of hydrogen-bond acceptors (Lipinski definition) is 2. The Morgan fingerprint density at radius 2 is 2.00 bits per heavy atom. The number of hydrogen-bond donors (Lipinski definition) is 0. The van der Waals surface area contributed by atoms with Crippen LogP contribution in [0.2, 0.25) is 13.1 Å². The molecular formula is C12H20BrNOSi. The lowest BCUT2D eigenvalue weighted by molar-refractivity contribution is 0.308. The standard InChI is InChI=1S/C12H20BrNOSi/c1-12(2,3)9-6-7-14-10(11(9)13)8-15-16(4)5/h6-7,16H,8H2,1-5H3. The van der Waals surface area contributed by atoms with Crippen molar-refractivity contribution in [3.8, 4) is 0 Å². The molecular weight excluding hydrogens is 282 g/mol. The Bertz CT molecular complexity index is 361. The highest BCUT2D eigenvalue weighted by Crippen LogP contribution is 2.31. The molecule has 1 aromatic heterocycles. The Kier molecular flexibility index (Phi) is 4.70. The first-order chi connectivity index (χ1) is 7.32. The monoisotopic (exact) mass is 301 g/mol. The summed E-state index contributed by atoms with van der Waals surface area (Å²) in [6.07, 6.45) is 1.87. The minimum atomic E-state index is -0.979. The lowest BCUT2D eigenvalue weighted by atomic mass is 9.87. The van der Waals surface area contributed by atoms with E-state index in [4.69, 9.17) is 4.43 Å². The molecule has 0 saturated heterocycles. The Hall–Kier alpha value is -0.193. The van der Waals surface area contributed by atoms with Crippen LogP contribution in [0.25, 0.3) is 0 Å². The molecule has 0 spiro atoms. The molecule has 0 N–H and O–H groups in total. The summed E-state index contributed by atoms with van der Waals surface area (Å²) in [4.78, 5) is 4.37. The van der Waals surface area contributed by atoms with Crippen LogP contribution in [0.4, 0.5) is 0 Å². The van der Waals surface area contributed by atoms with Gasteiger partial charge in [0.2, 0.25) is 0 Å². The number of aromatic nitrogens is 1. The number of rotatable bonds is 3. The predicted octanol–water partition coefficient (Wildman–Crippen LogP) is 3.64. The van der Waals surface area contributed by atoms with Crippen LogP contribution in [-0.2, 0) is 16.4 Å². The summed E-state index contributed by atoms with van der Waals surface area (Å²) in [5.74, 6) is 0. The normalized spacial score (nSPS) is 12.2. The molecule has 0 radical (unpaired) electrons. The van der Waals surface area contributed by atoms with Gasteiger partial charge in [-0.2, -0.15) is 0 Å². The zero-order valence-electron chi connectivity index (χ0n) is 10.7. The number of pyridine rings is 1. The second-order valence-electron chi connectivity index (χ2n) is 5.23. The summed E-state index contributed by atoms with van der Waals surface area (Å²) in [6, 6.07) is 2.07. The van der Waals surface area contributed by atoms with E-state index in [-0.39, 0.29) is 5.41 Å². The first-order valence-corrected chi connectivity index (χ1v) is 9.15. The molecule has 16 heavy (non-hydrogen) atoms. The lowest BCUT2D eigenvalue weighted by Crippen LogP contribution is -2.15. The van der Waals surface area contributed by atoms with Crippen molar-refractivity contribution in [2.24, 2.45) is 0 Å². The fraction of sp³-hybridized carbons (Fsp3) is 0.583. The van der Waals surface area contributed by atoms with Gasteiger partial charge in [-0.3, -0.25) is 4.98 Å². The third-order valence-electron chi connectivity index (χ3n) is 2.32. The van der Waals surface area contributed by atoms with Gasteiger partial charge in [0.05, 0.1) is 12.3 Å². The lowest BCUT2D eigenvalue weighted by Gasteiger charge is -2.22. The van der Waals surface area contributed by atoms with Crippen molar-refractivity contribution in [2.45, 2.75) is 45.9 Å². The summed E-state index contributed by atoms with van der Waals surface area (Å²) in [6.45, 7) is 11.6. The molecule has 2 nitrogen and oxygen atoms in total. The molecule has 4 heteroatoms. The second-order valence-corrected chi connectivity index (χ2v) is 8.45. The minimum Gasteiger partial charge on any atom is -0.415 e. The molecule has 0 saturated carbocycles. The van der Waals surface area contributed by atoms with Crippen molar-refractivity contribution in [1.82, 2.24) is 4.98 Å². The van der Waals surface area contributed by atoms with Gasteiger partial charge < -0.3 is 4.43 Å². The van der Waals surface area contributed by atoms with Gasteiger partial charge in [0.15, 0.2) is 9.04 Å². The molecule has 0 fully saturated rings. The minimum absolute atomic E-state index is 0.131. The van der Waals surface area contributed by atoms with Gasteiger partial charge in [0.1, 0.15) is 0 Å². The van der Waals surface area contributed by atoms with Crippen LogP contribution in [-0.4, -0.2) is 14.0 Å². The molecule has 1 aromatic rings. The summed E-state index contributed by atoms with van der Waals surface area (Å²) >= 11 is 3.64. The molecule has 0 atom stereocenters. The van der Waals surface area contributed by atoms with Gasteiger partial charge in [-0.25, -0.2) is 0 Å². The maximum Gasteiger partial charge on any atom is 0.171 e. The van der Waals surface area contributed by atoms with Crippen LogP contribution < -0.4 is 0 Å². The zero-order chi connectivity index (χ0) is 12.3. The van der Waals surface area contributed by atoms with Crippen molar-refractivity contribution in [3.63, 3.8) is 0 Å². The summed E-state index contributed by atoms with van der Waals surface area (Å²) in [5.41, 5.74) is 2.42. The largest absolute Gasteiger partial charge is 0.415 e. The van der Waals surface area contributed by atoms with Crippen molar-refractivity contribution in [1.29, 1.82) is 0 Å². The van der Waals surface area contributed by atoms with Gasteiger partial charge in [0, 0.05) is 10.7 Å². The van der Waals surface area contributed by atoms with Gasteiger partial charge in [-0.15, -0.1) is 0 Å². The smallest absolute Gasteiger partial charge is 0.171 e. The maximum absolute atomic E-state index is 5.72. The number of nitrogens with zero attached hydrogens (tertiary/aromatic N) is 1. The van der Waals surface area contributed by atoms with E-state index in [2.05, 4.69) is 60.8 Å². The van der Waals surface area contributed by atoms with Crippen LogP contribution in [0.1, 0.15) is 32.0 Å². The summed E-state index contributed by atoms with van der Waals surface area (Å²) in [7, 11) is -0.979. The average Bonchev–Trinajstić information content (AvgIpc) is 2.14. The van der Waals surface area contributed by atoms with Crippen LogP contribution in [0.15, 0.2) is 16.7 Å². The summed E-state index contributed by atoms with van der Waals surface area (Å²) in [5, 5.41) is 0. The van der Waals surface area contributed by atoms with Crippen LogP contribution in [0.5, 0.6) is 0 Å². The molecule has 0 amide bonds. The predicted molar refractivity (Wildman–Crippen MR) is 74.3 cm³/mol. The highest BCUT2D eigenvalue weighted by molar-refractivity contribution is 9.10. The Labute approximate surface area is 108 Å². The third kappa shape index (κ3) is 3.68. The van der Waals surface area contributed by atoms with E-state index in [1.54, 1.807) is 0 Å². The van der Waals surface area contributed by atoms with Gasteiger partial charge in [-0.1, -0.05) is 20.8 Å². The zero-order valence-corrected chi connectivity index (χ0v) is 13.4. The topological polar surface area (TPSA) is 22.1 Å². The molecule has 0 aliphatic heterocycles. The summed E-state index contributed by atoms with van der Waals surface area (Å²) < 4.78 is 6.82. The van der Waals surface area contributed by atoms with Gasteiger partial charge in [-0.05, 0) is 46.1 Å². The SMILES string of the molecule is C[SiH](C)OCc1nccc(C(C)(C)C)c1Br. The van der Waals surface area contributed by atoms with Crippen molar-refractivity contribution in [2.75, 3.05) is 0 Å². The molecule has 0 aromatic carbocycles. The first kappa shape index (κ1) is 13.9. The second kappa shape index (κ2) is 5.43. The highest BCUT2D eigenvalue weighted by atomic mass is 79.9. The van der Waals surface area contributed by atoms with E-state index in [0.717, 1.165) is 10.2 Å². The van der Waals surface area contributed by atoms with E-state index in [0.29, 0.717) is 6.61 Å². The average molecular weight is 302 g/mol. The van der Waals surface area contributed by atoms with E-state index in [1.807, 2.05) is 6.20 Å². The van der Waals surface area contributed by atoms with Gasteiger partial charge in [0.25, 0.3) is 0 Å². The molecule has 1 heterocycles. The van der Waals surface area contributed by atoms with E-state index >= 15 is 0 Å². The van der Waals surface area contributed by atoms with Crippen LogP contribution in [0.3, 0.4) is 0 Å². The fourth-order valence-electron chi connectivity index (χ4n) is 1.41. The molecule has 0 aliphatic rings. The molecule has 0 bridgehead atoms. The van der Waals surface area contributed by atoms with E-state index in [9.17, 15) is 0 Å². The Morgan fingerprint density at radius 1 is 1.38 bits per heavy atom. The molecule has 0 unspecified atom stereocenters. The Morgan fingerprint density at radius 3 is 2.50 bits per heavy atom. The van der Waals surface area contributed by atoms with E-state index < -0.39 is 9.04 Å². The van der Waals surface area contributed by atoms with E-state index in [1.165, 1.54) is 5.56 Å². The molecule has 0 aliphatic carbocycles. The van der Waals surface area contributed by atoms with Crippen molar-refractivity contribution >= 4 is 25.0 Å². The third-order valence-corrected chi connectivity index (χ3v) is 4.04. The maximum atomic E-state index is 5.72. The van der Waals surface area contributed by atoms with Crippen molar-refractivity contribution < 1.29 is 4.43 Å². The first-order valence-electron chi connectivity index (χ1n) is 5.58. The van der Waals surface area contributed by atoms with Crippen LogP contribution >= 0.6 is 15.9 Å².